The number of hydrogen-bond donors (Lipinski definition) is 2. The van der Waals surface area contributed by atoms with E-state index in [0.29, 0.717) is 12.0 Å². The molecule has 0 fully saturated rings. The van der Waals surface area contributed by atoms with Crippen LogP contribution in [0.25, 0.3) is 0 Å². The first-order valence-electron chi connectivity index (χ1n) is 6.03. The molecule has 1 aromatic rings. The summed E-state index contributed by atoms with van der Waals surface area (Å²) in [6.07, 6.45) is 1.91. The first-order chi connectivity index (χ1) is 8.54. The summed E-state index contributed by atoms with van der Waals surface area (Å²) in [6, 6.07) is 5.54. The van der Waals surface area contributed by atoms with E-state index in [1.165, 1.54) is 12.1 Å². The Hall–Kier alpha value is -1.20. The molecule has 3 nitrogen and oxygen atoms in total. The van der Waals surface area contributed by atoms with Gasteiger partial charge in [-0.3, -0.25) is 0 Å². The van der Waals surface area contributed by atoms with Gasteiger partial charge in [-0.15, -0.1) is 0 Å². The molecule has 0 aromatic heterocycles. The summed E-state index contributed by atoms with van der Waals surface area (Å²) in [7, 11) is 0. The SMILES string of the molecule is CCCC[C@H](O)[C@H](N)c1ccc(OC(F)F)cc1. The molecule has 0 amide bonds. The summed E-state index contributed by atoms with van der Waals surface area (Å²) in [5.41, 5.74) is 6.60. The minimum absolute atomic E-state index is 0.0870. The number of unbranched alkanes of at least 4 members (excludes halogenated alkanes) is 1. The maximum atomic E-state index is 12.0. The van der Waals surface area contributed by atoms with Gasteiger partial charge in [0.15, 0.2) is 0 Å². The number of aliphatic hydroxyl groups is 1. The van der Waals surface area contributed by atoms with Crippen molar-refractivity contribution >= 4 is 0 Å². The molecule has 0 aliphatic carbocycles. The third-order valence-corrected chi connectivity index (χ3v) is 2.76. The Morgan fingerprint density at radius 1 is 1.28 bits per heavy atom. The third kappa shape index (κ3) is 4.58. The number of nitrogens with two attached hydrogens (primary N) is 1. The molecule has 0 aliphatic heterocycles. The van der Waals surface area contributed by atoms with Crippen LogP contribution in [0.3, 0.4) is 0 Å². The summed E-state index contributed by atoms with van der Waals surface area (Å²) in [5, 5.41) is 9.84. The molecule has 0 radical (unpaired) electrons. The van der Waals surface area contributed by atoms with Crippen LogP contribution in [0.15, 0.2) is 24.3 Å². The van der Waals surface area contributed by atoms with E-state index in [9.17, 15) is 13.9 Å². The lowest BCUT2D eigenvalue weighted by atomic mass is 9.98. The number of ether oxygens (including phenoxy) is 1. The lowest BCUT2D eigenvalue weighted by Gasteiger charge is -2.19. The summed E-state index contributed by atoms with van der Waals surface area (Å²) < 4.78 is 28.2. The minimum atomic E-state index is -2.83. The first kappa shape index (κ1) is 14.9. The maximum Gasteiger partial charge on any atom is 0.387 e. The van der Waals surface area contributed by atoms with Gasteiger partial charge in [-0.2, -0.15) is 8.78 Å². The normalized spacial score (nSPS) is 14.6. The van der Waals surface area contributed by atoms with Crippen molar-refractivity contribution in [1.29, 1.82) is 0 Å². The quantitative estimate of drug-likeness (QED) is 0.791. The zero-order valence-corrected chi connectivity index (χ0v) is 10.4. The second kappa shape index (κ2) is 7.28. The summed E-state index contributed by atoms with van der Waals surface area (Å²) in [6.45, 7) is -0.797. The van der Waals surface area contributed by atoms with Crippen molar-refractivity contribution in [2.24, 2.45) is 5.73 Å². The van der Waals surface area contributed by atoms with Gasteiger partial charge in [0, 0.05) is 0 Å². The van der Waals surface area contributed by atoms with Gasteiger partial charge >= 0.3 is 6.61 Å². The monoisotopic (exact) mass is 259 g/mol. The van der Waals surface area contributed by atoms with Crippen molar-refractivity contribution in [2.45, 2.75) is 44.9 Å². The van der Waals surface area contributed by atoms with Crippen LogP contribution in [-0.2, 0) is 0 Å². The standard InChI is InChI=1S/C13H19F2NO2/c1-2-3-4-11(17)12(16)9-5-7-10(8-6-9)18-13(14)15/h5-8,11-13,17H,2-4,16H2,1H3/t11-,12+/m0/s1. The van der Waals surface area contributed by atoms with E-state index in [1.807, 2.05) is 6.92 Å². The summed E-state index contributed by atoms with van der Waals surface area (Å²) in [4.78, 5) is 0. The van der Waals surface area contributed by atoms with E-state index >= 15 is 0 Å². The summed E-state index contributed by atoms with van der Waals surface area (Å²) in [5.74, 6) is 0.0870. The highest BCUT2D eigenvalue weighted by Crippen LogP contribution is 2.21. The number of halogens is 2. The zero-order chi connectivity index (χ0) is 13.5. The number of alkyl halides is 2. The van der Waals surface area contributed by atoms with Crippen molar-refractivity contribution in [2.75, 3.05) is 0 Å². The molecular formula is C13H19F2NO2. The Labute approximate surface area is 106 Å². The lowest BCUT2D eigenvalue weighted by molar-refractivity contribution is -0.0498. The zero-order valence-electron chi connectivity index (χ0n) is 10.4. The van der Waals surface area contributed by atoms with Gasteiger partial charge in [-0.05, 0) is 24.1 Å². The van der Waals surface area contributed by atoms with Crippen LogP contribution < -0.4 is 10.5 Å². The lowest BCUT2D eigenvalue weighted by Crippen LogP contribution is -2.26. The van der Waals surface area contributed by atoms with Gasteiger partial charge in [-0.1, -0.05) is 31.9 Å². The molecule has 0 aliphatic rings. The Bertz CT molecular complexity index is 343. The number of aliphatic hydroxyl groups excluding tert-OH is 1. The molecule has 18 heavy (non-hydrogen) atoms. The number of rotatable bonds is 7. The van der Waals surface area contributed by atoms with Crippen LogP contribution in [-0.4, -0.2) is 17.8 Å². The Morgan fingerprint density at radius 2 is 1.89 bits per heavy atom. The van der Waals surface area contributed by atoms with E-state index < -0.39 is 18.8 Å². The van der Waals surface area contributed by atoms with Crippen molar-refractivity contribution in [3.8, 4) is 5.75 Å². The molecule has 0 bridgehead atoms. The maximum absolute atomic E-state index is 12.0. The smallest absolute Gasteiger partial charge is 0.387 e. The molecule has 1 aromatic carbocycles. The highest BCUT2D eigenvalue weighted by Gasteiger charge is 2.16. The highest BCUT2D eigenvalue weighted by atomic mass is 19.3. The predicted octanol–water partition coefficient (Wildman–Crippen LogP) is 2.84. The van der Waals surface area contributed by atoms with Gasteiger partial charge in [-0.25, -0.2) is 0 Å². The highest BCUT2D eigenvalue weighted by molar-refractivity contribution is 5.29. The number of hydrogen-bond acceptors (Lipinski definition) is 3. The molecule has 0 heterocycles. The van der Waals surface area contributed by atoms with Crippen LogP contribution in [0.2, 0.25) is 0 Å². The average Bonchev–Trinajstić information content (AvgIpc) is 2.35. The van der Waals surface area contributed by atoms with E-state index in [4.69, 9.17) is 5.73 Å². The fourth-order valence-electron chi connectivity index (χ4n) is 1.69. The fourth-order valence-corrected chi connectivity index (χ4v) is 1.69. The molecule has 3 N–H and O–H groups in total. The minimum Gasteiger partial charge on any atom is -0.435 e. The molecule has 0 saturated heterocycles. The Morgan fingerprint density at radius 3 is 2.39 bits per heavy atom. The van der Waals surface area contributed by atoms with Crippen LogP contribution >= 0.6 is 0 Å². The largest absolute Gasteiger partial charge is 0.435 e. The van der Waals surface area contributed by atoms with Gasteiger partial charge in [0.1, 0.15) is 5.75 Å². The van der Waals surface area contributed by atoms with Crippen LogP contribution in [0.5, 0.6) is 5.75 Å². The van der Waals surface area contributed by atoms with E-state index in [2.05, 4.69) is 4.74 Å². The van der Waals surface area contributed by atoms with Gasteiger partial charge < -0.3 is 15.6 Å². The summed E-state index contributed by atoms with van der Waals surface area (Å²) >= 11 is 0. The van der Waals surface area contributed by atoms with E-state index in [0.717, 1.165) is 12.8 Å². The Kier molecular flexibility index (Phi) is 6.01. The third-order valence-electron chi connectivity index (χ3n) is 2.76. The molecule has 2 atom stereocenters. The topological polar surface area (TPSA) is 55.5 Å². The molecule has 5 heteroatoms. The van der Waals surface area contributed by atoms with E-state index in [1.54, 1.807) is 12.1 Å². The molecular weight excluding hydrogens is 240 g/mol. The van der Waals surface area contributed by atoms with Crippen LogP contribution in [0.1, 0.15) is 37.8 Å². The van der Waals surface area contributed by atoms with Crippen molar-refractivity contribution < 1.29 is 18.6 Å². The molecule has 1 rings (SSSR count). The van der Waals surface area contributed by atoms with Gasteiger partial charge in [0.25, 0.3) is 0 Å². The first-order valence-corrected chi connectivity index (χ1v) is 6.03. The van der Waals surface area contributed by atoms with Gasteiger partial charge in [0.05, 0.1) is 12.1 Å². The van der Waals surface area contributed by atoms with Crippen molar-refractivity contribution in [3.05, 3.63) is 29.8 Å². The van der Waals surface area contributed by atoms with Crippen LogP contribution in [0.4, 0.5) is 8.78 Å². The average molecular weight is 259 g/mol. The molecule has 0 spiro atoms. The Balaban J connectivity index is 2.60. The van der Waals surface area contributed by atoms with Crippen molar-refractivity contribution in [3.63, 3.8) is 0 Å². The van der Waals surface area contributed by atoms with Crippen molar-refractivity contribution in [1.82, 2.24) is 0 Å². The molecule has 102 valence electrons. The van der Waals surface area contributed by atoms with E-state index in [-0.39, 0.29) is 5.75 Å². The number of benzene rings is 1. The predicted molar refractivity (Wildman–Crippen MR) is 65.5 cm³/mol. The van der Waals surface area contributed by atoms with Gasteiger partial charge in [0.2, 0.25) is 0 Å². The molecule has 0 saturated carbocycles. The van der Waals surface area contributed by atoms with Crippen LogP contribution in [0, 0.1) is 0 Å². The second-order valence-corrected chi connectivity index (χ2v) is 4.18. The second-order valence-electron chi connectivity index (χ2n) is 4.18. The molecule has 0 unspecified atom stereocenters. The fraction of sp³-hybridized carbons (Fsp3) is 0.538.